The summed E-state index contributed by atoms with van der Waals surface area (Å²) in [5.41, 5.74) is 0.425. The third-order valence-corrected chi connectivity index (χ3v) is 6.46. The maximum absolute atomic E-state index is 13.9. The number of hydrogen-bond acceptors (Lipinski definition) is 3. The van der Waals surface area contributed by atoms with Crippen LogP contribution in [-0.2, 0) is 9.53 Å². The lowest BCUT2D eigenvalue weighted by atomic mass is 9.77. The smallest absolute Gasteiger partial charge is 0.253 e. The zero-order valence-corrected chi connectivity index (χ0v) is 15.9. The Morgan fingerprint density at radius 3 is 2.74 bits per heavy atom. The number of likely N-dealkylation sites (tertiary alicyclic amines) is 2. The molecule has 0 N–H and O–H groups in total. The van der Waals surface area contributed by atoms with Crippen molar-refractivity contribution in [1.29, 1.82) is 0 Å². The molecule has 4 rings (SSSR count). The Labute approximate surface area is 159 Å². The Kier molecular flexibility index (Phi) is 4.93. The second-order valence-corrected chi connectivity index (χ2v) is 8.17. The van der Waals surface area contributed by atoms with Gasteiger partial charge in [0.25, 0.3) is 5.91 Å². The van der Waals surface area contributed by atoms with Crippen LogP contribution in [0.2, 0.25) is 0 Å². The molecule has 5 nitrogen and oxygen atoms in total. The molecule has 1 aromatic rings. The van der Waals surface area contributed by atoms with Gasteiger partial charge in [0.15, 0.2) is 0 Å². The van der Waals surface area contributed by atoms with Crippen LogP contribution in [0.3, 0.4) is 0 Å². The number of hydrogen-bond donors (Lipinski definition) is 0. The van der Waals surface area contributed by atoms with Crippen molar-refractivity contribution in [2.24, 2.45) is 5.41 Å². The van der Waals surface area contributed by atoms with Gasteiger partial charge in [-0.2, -0.15) is 0 Å². The minimum atomic E-state index is -0.463. The second kappa shape index (κ2) is 7.23. The molecule has 1 aromatic carbocycles. The van der Waals surface area contributed by atoms with Crippen molar-refractivity contribution < 1.29 is 18.7 Å². The first kappa shape index (κ1) is 18.4. The second-order valence-electron chi connectivity index (χ2n) is 8.17. The summed E-state index contributed by atoms with van der Waals surface area (Å²) in [7, 11) is 0. The summed E-state index contributed by atoms with van der Waals surface area (Å²) < 4.78 is 19.3. The number of carbonyl (C=O) groups is 2. The van der Waals surface area contributed by atoms with E-state index in [9.17, 15) is 14.0 Å². The molecular formula is C21H27FN2O3. The van der Waals surface area contributed by atoms with Crippen molar-refractivity contribution in [3.8, 4) is 0 Å². The van der Waals surface area contributed by atoms with Crippen molar-refractivity contribution >= 4 is 11.8 Å². The monoisotopic (exact) mass is 374 g/mol. The van der Waals surface area contributed by atoms with Gasteiger partial charge in [-0.1, -0.05) is 6.07 Å². The first-order valence-electron chi connectivity index (χ1n) is 9.94. The molecule has 3 aliphatic heterocycles. The van der Waals surface area contributed by atoms with Crippen molar-refractivity contribution in [3.63, 3.8) is 0 Å². The van der Waals surface area contributed by atoms with Crippen LogP contribution in [0.5, 0.6) is 0 Å². The highest BCUT2D eigenvalue weighted by molar-refractivity contribution is 5.95. The van der Waals surface area contributed by atoms with E-state index < -0.39 is 5.41 Å². The highest BCUT2D eigenvalue weighted by Gasteiger charge is 2.50. The maximum atomic E-state index is 13.9. The minimum absolute atomic E-state index is 0.179. The normalized spacial score (nSPS) is 26.8. The van der Waals surface area contributed by atoms with Gasteiger partial charge in [0.2, 0.25) is 5.91 Å². The fourth-order valence-corrected chi connectivity index (χ4v) is 4.78. The van der Waals surface area contributed by atoms with E-state index in [4.69, 9.17) is 4.74 Å². The molecule has 0 bridgehead atoms. The van der Waals surface area contributed by atoms with E-state index in [1.807, 2.05) is 4.90 Å². The SMILES string of the molecule is Cc1ccc(C(=O)N2CC[C@]3(CCCN(C4CCOCC4)C3=O)C2)cc1F. The Balaban J connectivity index is 1.49. The molecule has 146 valence electrons. The lowest BCUT2D eigenvalue weighted by Crippen LogP contribution is -2.55. The lowest BCUT2D eigenvalue weighted by Gasteiger charge is -2.44. The third-order valence-electron chi connectivity index (χ3n) is 6.46. The van der Waals surface area contributed by atoms with Crippen LogP contribution in [0.1, 0.15) is 48.0 Å². The Hall–Kier alpha value is -1.95. The van der Waals surface area contributed by atoms with E-state index in [1.54, 1.807) is 24.0 Å². The van der Waals surface area contributed by atoms with E-state index >= 15 is 0 Å². The summed E-state index contributed by atoms with van der Waals surface area (Å²) in [6, 6.07) is 4.87. The Morgan fingerprint density at radius 1 is 1.22 bits per heavy atom. The number of rotatable bonds is 2. The Bertz CT molecular complexity index is 747. The summed E-state index contributed by atoms with van der Waals surface area (Å²) in [6.07, 6.45) is 4.30. The molecule has 3 saturated heterocycles. The molecule has 0 unspecified atom stereocenters. The molecule has 3 heterocycles. The minimum Gasteiger partial charge on any atom is -0.381 e. The number of halogens is 1. The van der Waals surface area contributed by atoms with Crippen LogP contribution < -0.4 is 0 Å². The van der Waals surface area contributed by atoms with E-state index in [2.05, 4.69) is 0 Å². The van der Waals surface area contributed by atoms with Gasteiger partial charge in [0.05, 0.1) is 5.41 Å². The molecule has 0 saturated carbocycles. The molecule has 3 aliphatic rings. The van der Waals surface area contributed by atoms with Gasteiger partial charge in [-0.25, -0.2) is 4.39 Å². The molecule has 0 radical (unpaired) electrons. The summed E-state index contributed by atoms with van der Waals surface area (Å²) in [5, 5.41) is 0. The summed E-state index contributed by atoms with van der Waals surface area (Å²) in [4.78, 5) is 30.0. The number of benzene rings is 1. The first-order valence-corrected chi connectivity index (χ1v) is 9.94. The summed E-state index contributed by atoms with van der Waals surface area (Å²) in [6.45, 7) is 4.92. The lowest BCUT2D eigenvalue weighted by molar-refractivity contribution is -0.150. The van der Waals surface area contributed by atoms with Gasteiger partial charge in [0.1, 0.15) is 5.82 Å². The van der Waals surface area contributed by atoms with E-state index in [0.717, 1.165) is 32.2 Å². The summed E-state index contributed by atoms with van der Waals surface area (Å²) >= 11 is 0. The van der Waals surface area contributed by atoms with E-state index in [1.165, 1.54) is 6.07 Å². The van der Waals surface area contributed by atoms with Gasteiger partial charge in [0, 0.05) is 44.5 Å². The fraction of sp³-hybridized carbons (Fsp3) is 0.619. The molecule has 3 fully saturated rings. The highest BCUT2D eigenvalue weighted by atomic mass is 19.1. The molecule has 6 heteroatoms. The third kappa shape index (κ3) is 3.35. The molecule has 0 aromatic heterocycles. The van der Waals surface area contributed by atoms with Crippen molar-refractivity contribution in [3.05, 3.63) is 35.1 Å². The van der Waals surface area contributed by atoms with Crippen LogP contribution in [0.15, 0.2) is 18.2 Å². The molecule has 27 heavy (non-hydrogen) atoms. The van der Waals surface area contributed by atoms with Gasteiger partial charge in [-0.05, 0) is 56.7 Å². The first-order chi connectivity index (χ1) is 13.0. The predicted octanol–water partition coefficient (Wildman–Crippen LogP) is 2.77. The van der Waals surface area contributed by atoms with Crippen molar-refractivity contribution in [2.75, 3.05) is 32.8 Å². The van der Waals surface area contributed by atoms with Crippen LogP contribution in [0, 0.1) is 18.2 Å². The molecule has 2 amide bonds. The zero-order valence-electron chi connectivity index (χ0n) is 15.9. The quantitative estimate of drug-likeness (QED) is 0.800. The number of ether oxygens (including phenoxy) is 1. The highest BCUT2D eigenvalue weighted by Crippen LogP contribution is 2.41. The molecular weight excluding hydrogens is 347 g/mol. The topological polar surface area (TPSA) is 49.9 Å². The number of piperidine rings is 1. The standard InChI is InChI=1S/C21H27FN2O3/c1-15-3-4-16(13-18(15)22)19(25)23-10-8-21(14-23)7-2-9-24(20(21)26)17-5-11-27-12-6-17/h3-4,13,17H,2,5-12,14H2,1H3/t21-/m1/s1. The number of nitrogens with zero attached hydrogens (tertiary/aromatic N) is 2. The average Bonchev–Trinajstić information content (AvgIpc) is 3.11. The van der Waals surface area contributed by atoms with Crippen LogP contribution in [0.25, 0.3) is 0 Å². The van der Waals surface area contributed by atoms with Crippen molar-refractivity contribution in [2.45, 2.75) is 45.1 Å². The molecule has 1 spiro atoms. The van der Waals surface area contributed by atoms with E-state index in [-0.39, 0.29) is 23.7 Å². The molecule has 0 aliphatic carbocycles. The van der Waals surface area contributed by atoms with Gasteiger partial charge in [-0.3, -0.25) is 9.59 Å². The van der Waals surface area contributed by atoms with Crippen molar-refractivity contribution in [1.82, 2.24) is 9.80 Å². The zero-order chi connectivity index (χ0) is 19.0. The Morgan fingerprint density at radius 2 is 2.00 bits per heavy atom. The number of aryl methyl sites for hydroxylation is 1. The fourth-order valence-electron chi connectivity index (χ4n) is 4.78. The molecule has 1 atom stereocenters. The summed E-state index contributed by atoms with van der Waals surface area (Å²) in [5.74, 6) is -0.345. The predicted molar refractivity (Wildman–Crippen MR) is 98.9 cm³/mol. The van der Waals surface area contributed by atoms with Crippen LogP contribution in [-0.4, -0.2) is 60.5 Å². The average molecular weight is 374 g/mol. The van der Waals surface area contributed by atoms with Gasteiger partial charge >= 0.3 is 0 Å². The number of amides is 2. The van der Waals surface area contributed by atoms with E-state index in [0.29, 0.717) is 43.9 Å². The van der Waals surface area contributed by atoms with Crippen LogP contribution in [0.4, 0.5) is 4.39 Å². The van der Waals surface area contributed by atoms with Gasteiger partial charge < -0.3 is 14.5 Å². The van der Waals surface area contributed by atoms with Gasteiger partial charge in [-0.15, -0.1) is 0 Å². The maximum Gasteiger partial charge on any atom is 0.253 e. The number of carbonyl (C=O) groups excluding carboxylic acids is 2. The largest absolute Gasteiger partial charge is 0.381 e. The van der Waals surface area contributed by atoms with Crippen LogP contribution >= 0.6 is 0 Å².